The number of rotatable bonds is 4. The topological polar surface area (TPSA) is 34.2 Å². The Labute approximate surface area is 119 Å². The molecule has 2 aromatic rings. The van der Waals surface area contributed by atoms with Crippen molar-refractivity contribution in [3.63, 3.8) is 0 Å². The number of aromatic nitrogens is 1. The van der Waals surface area contributed by atoms with Crippen molar-refractivity contribution in [1.82, 2.24) is 10.3 Å². The summed E-state index contributed by atoms with van der Waals surface area (Å²) in [5.41, 5.74) is 1.67. The third kappa shape index (κ3) is 3.52. The Morgan fingerprint density at radius 2 is 2.16 bits per heavy atom. The van der Waals surface area contributed by atoms with Crippen molar-refractivity contribution in [2.45, 2.75) is 13.5 Å². The van der Waals surface area contributed by atoms with Crippen LogP contribution in [-0.4, -0.2) is 12.0 Å². The number of halogens is 2. The van der Waals surface area contributed by atoms with Crippen molar-refractivity contribution in [3.05, 3.63) is 51.9 Å². The fraction of sp³-hybridized carbons (Fsp3) is 0.214. The van der Waals surface area contributed by atoms with Crippen LogP contribution in [0.5, 0.6) is 11.6 Å². The summed E-state index contributed by atoms with van der Waals surface area (Å²) in [6.45, 7) is 2.44. The molecule has 0 amide bonds. The van der Waals surface area contributed by atoms with Crippen LogP contribution in [0.1, 0.15) is 11.1 Å². The van der Waals surface area contributed by atoms with E-state index in [4.69, 9.17) is 4.74 Å². The molecule has 0 saturated heterocycles. The van der Waals surface area contributed by atoms with Gasteiger partial charge >= 0.3 is 0 Å². The number of ether oxygens (including phenoxy) is 1. The zero-order chi connectivity index (χ0) is 13.8. The van der Waals surface area contributed by atoms with E-state index >= 15 is 0 Å². The Kier molecular flexibility index (Phi) is 4.50. The van der Waals surface area contributed by atoms with Crippen molar-refractivity contribution < 1.29 is 9.13 Å². The number of nitrogens with zero attached hydrogens (tertiary/aromatic N) is 1. The van der Waals surface area contributed by atoms with Gasteiger partial charge in [-0.15, -0.1) is 0 Å². The van der Waals surface area contributed by atoms with Crippen molar-refractivity contribution in [2.75, 3.05) is 7.05 Å². The van der Waals surface area contributed by atoms with Gasteiger partial charge in [-0.2, -0.15) is 0 Å². The van der Waals surface area contributed by atoms with Crippen molar-refractivity contribution in [1.29, 1.82) is 0 Å². The Hall–Kier alpha value is -1.46. The van der Waals surface area contributed by atoms with Crippen molar-refractivity contribution in [2.24, 2.45) is 0 Å². The molecule has 1 aromatic heterocycles. The van der Waals surface area contributed by atoms with Crippen molar-refractivity contribution in [3.8, 4) is 11.6 Å². The van der Waals surface area contributed by atoms with Crippen molar-refractivity contribution >= 4 is 15.9 Å². The van der Waals surface area contributed by atoms with E-state index in [0.29, 0.717) is 23.7 Å². The van der Waals surface area contributed by atoms with Crippen LogP contribution in [0.15, 0.2) is 34.9 Å². The number of benzene rings is 1. The summed E-state index contributed by atoms with van der Waals surface area (Å²) in [6, 6.07) is 7.13. The van der Waals surface area contributed by atoms with Crippen LogP contribution in [-0.2, 0) is 6.54 Å². The smallest absolute Gasteiger partial charge is 0.223 e. The van der Waals surface area contributed by atoms with Crippen LogP contribution < -0.4 is 10.1 Å². The highest BCUT2D eigenvalue weighted by Crippen LogP contribution is 2.28. The fourth-order valence-corrected chi connectivity index (χ4v) is 2.18. The minimum absolute atomic E-state index is 0.370. The molecule has 19 heavy (non-hydrogen) atoms. The quantitative estimate of drug-likeness (QED) is 0.928. The first-order valence-electron chi connectivity index (χ1n) is 5.83. The molecule has 2 rings (SSSR count). The zero-order valence-corrected chi connectivity index (χ0v) is 12.3. The van der Waals surface area contributed by atoms with E-state index in [1.54, 1.807) is 7.05 Å². The summed E-state index contributed by atoms with van der Waals surface area (Å²) in [6.07, 6.45) is 1.16. The van der Waals surface area contributed by atoms with Gasteiger partial charge in [-0.05, 0) is 43.8 Å². The van der Waals surface area contributed by atoms with Gasteiger partial charge in [0.05, 0.1) is 6.20 Å². The SMILES string of the molecule is CNCc1cc(F)cnc1Oc1ccc(Br)cc1C. The first-order chi connectivity index (χ1) is 9.10. The Morgan fingerprint density at radius 3 is 2.84 bits per heavy atom. The van der Waals surface area contributed by atoms with E-state index in [-0.39, 0.29) is 5.82 Å². The maximum atomic E-state index is 13.2. The Balaban J connectivity index is 2.32. The molecule has 0 unspecified atom stereocenters. The van der Waals surface area contributed by atoms with Gasteiger partial charge in [-0.3, -0.25) is 0 Å². The van der Waals surface area contributed by atoms with E-state index in [1.165, 1.54) is 6.07 Å². The third-order valence-electron chi connectivity index (χ3n) is 2.60. The monoisotopic (exact) mass is 324 g/mol. The molecule has 0 aliphatic heterocycles. The molecule has 0 atom stereocenters. The third-order valence-corrected chi connectivity index (χ3v) is 3.10. The molecule has 0 radical (unpaired) electrons. The van der Waals surface area contributed by atoms with Gasteiger partial charge in [-0.1, -0.05) is 15.9 Å². The highest BCUT2D eigenvalue weighted by molar-refractivity contribution is 9.10. The van der Waals surface area contributed by atoms with E-state index in [0.717, 1.165) is 16.2 Å². The maximum Gasteiger partial charge on any atom is 0.223 e. The molecule has 0 fully saturated rings. The number of hydrogen-bond acceptors (Lipinski definition) is 3. The summed E-state index contributed by atoms with van der Waals surface area (Å²) < 4.78 is 19.9. The zero-order valence-electron chi connectivity index (χ0n) is 10.7. The lowest BCUT2D eigenvalue weighted by molar-refractivity contribution is 0.447. The Bertz CT molecular complexity index is 590. The number of aryl methyl sites for hydroxylation is 1. The molecule has 100 valence electrons. The normalized spacial score (nSPS) is 10.5. The van der Waals surface area contributed by atoms with Crippen LogP contribution in [0.25, 0.3) is 0 Å². The van der Waals surface area contributed by atoms with Crippen LogP contribution >= 0.6 is 15.9 Å². The molecule has 0 saturated carbocycles. The van der Waals surface area contributed by atoms with Crippen LogP contribution in [0.3, 0.4) is 0 Å². The summed E-state index contributed by atoms with van der Waals surface area (Å²) in [7, 11) is 1.79. The predicted octanol–water partition coefficient (Wildman–Crippen LogP) is 3.80. The Morgan fingerprint density at radius 1 is 1.37 bits per heavy atom. The molecule has 1 N–H and O–H groups in total. The molecule has 0 aliphatic rings. The molecular weight excluding hydrogens is 311 g/mol. The van der Waals surface area contributed by atoms with Crippen LogP contribution in [0.2, 0.25) is 0 Å². The van der Waals surface area contributed by atoms with E-state index in [2.05, 4.69) is 26.2 Å². The predicted molar refractivity (Wildman–Crippen MR) is 75.9 cm³/mol. The van der Waals surface area contributed by atoms with E-state index < -0.39 is 0 Å². The molecule has 0 bridgehead atoms. The molecule has 0 aliphatic carbocycles. The van der Waals surface area contributed by atoms with E-state index in [1.807, 2.05) is 25.1 Å². The van der Waals surface area contributed by atoms with Crippen LogP contribution in [0, 0.1) is 12.7 Å². The summed E-state index contributed by atoms with van der Waals surface area (Å²) >= 11 is 3.40. The molecule has 5 heteroatoms. The largest absolute Gasteiger partial charge is 0.438 e. The standard InChI is InChI=1S/C14H14BrFN2O/c1-9-5-11(15)3-4-13(9)19-14-10(7-17-2)6-12(16)8-18-14/h3-6,8,17H,7H2,1-2H3. The first-order valence-corrected chi connectivity index (χ1v) is 6.62. The van der Waals surface area contributed by atoms with Gasteiger partial charge in [0.1, 0.15) is 11.6 Å². The lowest BCUT2D eigenvalue weighted by atomic mass is 10.2. The van der Waals surface area contributed by atoms with Gasteiger partial charge in [0.2, 0.25) is 5.88 Å². The molecular formula is C14H14BrFN2O. The van der Waals surface area contributed by atoms with Gasteiger partial charge in [0, 0.05) is 16.6 Å². The molecule has 1 heterocycles. The molecule has 3 nitrogen and oxygen atoms in total. The second-order valence-electron chi connectivity index (χ2n) is 4.16. The summed E-state index contributed by atoms with van der Waals surface area (Å²) in [5, 5.41) is 2.97. The van der Waals surface area contributed by atoms with Gasteiger partial charge in [-0.25, -0.2) is 9.37 Å². The highest BCUT2D eigenvalue weighted by atomic mass is 79.9. The van der Waals surface area contributed by atoms with Crippen LogP contribution in [0.4, 0.5) is 4.39 Å². The van der Waals surface area contributed by atoms with Gasteiger partial charge < -0.3 is 10.1 Å². The second kappa shape index (κ2) is 6.12. The average molecular weight is 325 g/mol. The number of pyridine rings is 1. The lowest BCUT2D eigenvalue weighted by Crippen LogP contribution is -2.08. The second-order valence-corrected chi connectivity index (χ2v) is 5.08. The van der Waals surface area contributed by atoms with Gasteiger partial charge in [0.15, 0.2) is 0 Å². The summed E-state index contributed by atoms with van der Waals surface area (Å²) in [5.74, 6) is 0.756. The minimum atomic E-state index is -0.370. The first kappa shape index (κ1) is 14.0. The summed E-state index contributed by atoms with van der Waals surface area (Å²) in [4.78, 5) is 4.01. The highest BCUT2D eigenvalue weighted by Gasteiger charge is 2.09. The fourth-order valence-electron chi connectivity index (χ4n) is 1.71. The maximum absolute atomic E-state index is 13.2. The minimum Gasteiger partial charge on any atom is -0.438 e. The number of hydrogen-bond donors (Lipinski definition) is 1. The van der Waals surface area contributed by atoms with Gasteiger partial charge in [0.25, 0.3) is 0 Å². The average Bonchev–Trinajstić information content (AvgIpc) is 2.36. The molecule has 0 spiro atoms. The van der Waals surface area contributed by atoms with E-state index in [9.17, 15) is 4.39 Å². The molecule has 1 aromatic carbocycles. The number of nitrogens with one attached hydrogen (secondary N) is 1. The lowest BCUT2D eigenvalue weighted by Gasteiger charge is -2.11.